The van der Waals surface area contributed by atoms with Crippen LogP contribution in [0.5, 0.6) is 0 Å². The van der Waals surface area contributed by atoms with Crippen LogP contribution in [0, 0.1) is 0 Å². The molecule has 3 aromatic carbocycles. The zero-order valence-corrected chi connectivity index (χ0v) is 23.1. The van der Waals surface area contributed by atoms with E-state index in [4.69, 9.17) is 23.2 Å². The molecule has 1 N–H and O–H groups in total. The Hall–Kier alpha value is -3.07. The molecule has 0 bridgehead atoms. The summed E-state index contributed by atoms with van der Waals surface area (Å²) in [7, 11) is -4.12. The van der Waals surface area contributed by atoms with E-state index in [0.717, 1.165) is 4.31 Å². The van der Waals surface area contributed by atoms with E-state index in [1.54, 1.807) is 61.5 Å². The summed E-state index contributed by atoms with van der Waals surface area (Å²) in [5.74, 6) is -0.907. The van der Waals surface area contributed by atoms with Gasteiger partial charge in [0.15, 0.2) is 0 Å². The molecular formula is C27H29Cl2N3O4S. The average molecular weight is 563 g/mol. The van der Waals surface area contributed by atoms with Crippen LogP contribution in [0.3, 0.4) is 0 Å². The summed E-state index contributed by atoms with van der Waals surface area (Å²) in [5, 5.41) is 3.73. The van der Waals surface area contributed by atoms with Crippen molar-refractivity contribution in [2.24, 2.45) is 0 Å². The number of hydrogen-bond donors (Lipinski definition) is 1. The third kappa shape index (κ3) is 7.47. The highest BCUT2D eigenvalue weighted by Gasteiger charge is 2.32. The van der Waals surface area contributed by atoms with E-state index in [0.29, 0.717) is 15.6 Å². The quantitative estimate of drug-likeness (QED) is 0.371. The van der Waals surface area contributed by atoms with E-state index in [2.05, 4.69) is 5.32 Å². The maximum atomic E-state index is 13.8. The summed E-state index contributed by atoms with van der Waals surface area (Å²) in [6.45, 7) is 4.79. The molecule has 0 aliphatic rings. The van der Waals surface area contributed by atoms with Crippen molar-refractivity contribution in [3.63, 3.8) is 0 Å². The van der Waals surface area contributed by atoms with Gasteiger partial charge in [0.25, 0.3) is 10.0 Å². The predicted octanol–water partition coefficient (Wildman–Crippen LogP) is 5.13. The number of halogens is 2. The fourth-order valence-electron chi connectivity index (χ4n) is 3.68. The van der Waals surface area contributed by atoms with Gasteiger partial charge in [0.05, 0.1) is 10.6 Å². The van der Waals surface area contributed by atoms with Gasteiger partial charge in [-0.15, -0.1) is 0 Å². The van der Waals surface area contributed by atoms with Crippen LogP contribution in [0.25, 0.3) is 0 Å². The third-order valence-electron chi connectivity index (χ3n) is 5.56. The fraction of sp³-hybridized carbons (Fsp3) is 0.259. The molecule has 0 aliphatic heterocycles. The molecule has 3 aromatic rings. The minimum Gasteiger partial charge on any atom is -0.352 e. The number of rotatable bonds is 10. The summed E-state index contributed by atoms with van der Waals surface area (Å²) in [5.41, 5.74) is 0.970. The number of carbonyl (C=O) groups excluding carboxylic acids is 2. The zero-order chi connectivity index (χ0) is 27.2. The van der Waals surface area contributed by atoms with Crippen molar-refractivity contribution in [2.45, 2.75) is 44.3 Å². The van der Waals surface area contributed by atoms with Crippen molar-refractivity contribution in [1.29, 1.82) is 0 Å². The van der Waals surface area contributed by atoms with Crippen LogP contribution in [0.2, 0.25) is 10.0 Å². The summed E-state index contributed by atoms with van der Waals surface area (Å²) in [6.07, 6.45) is 0. The minimum atomic E-state index is -4.12. The number of nitrogens with zero attached hydrogens (tertiary/aromatic N) is 2. The highest BCUT2D eigenvalue weighted by atomic mass is 35.5. The molecule has 0 unspecified atom stereocenters. The summed E-state index contributed by atoms with van der Waals surface area (Å²) in [6, 6.07) is 20.0. The highest BCUT2D eigenvalue weighted by molar-refractivity contribution is 7.92. The Morgan fingerprint density at radius 3 is 2.11 bits per heavy atom. The Kier molecular flexibility index (Phi) is 9.59. The summed E-state index contributed by atoms with van der Waals surface area (Å²) < 4.78 is 28.3. The largest absolute Gasteiger partial charge is 0.352 e. The fourth-order valence-corrected chi connectivity index (χ4v) is 5.45. The number of nitrogens with one attached hydrogen (secondary N) is 1. The number of amides is 2. The number of benzene rings is 3. The van der Waals surface area contributed by atoms with Crippen molar-refractivity contribution in [3.8, 4) is 0 Å². The van der Waals surface area contributed by atoms with Gasteiger partial charge in [-0.05, 0) is 74.9 Å². The smallest absolute Gasteiger partial charge is 0.264 e. The van der Waals surface area contributed by atoms with E-state index in [1.165, 1.54) is 29.2 Å². The molecule has 0 fully saturated rings. The second kappa shape index (κ2) is 12.4. The number of carbonyl (C=O) groups is 2. The summed E-state index contributed by atoms with van der Waals surface area (Å²) >= 11 is 12.2. The number of hydrogen-bond acceptors (Lipinski definition) is 4. The van der Waals surface area contributed by atoms with E-state index < -0.39 is 28.5 Å². The zero-order valence-electron chi connectivity index (χ0n) is 20.8. The van der Waals surface area contributed by atoms with Crippen LogP contribution in [0.15, 0.2) is 83.8 Å². The molecule has 196 valence electrons. The van der Waals surface area contributed by atoms with E-state index in [9.17, 15) is 18.0 Å². The van der Waals surface area contributed by atoms with Gasteiger partial charge in [-0.25, -0.2) is 8.42 Å². The van der Waals surface area contributed by atoms with Gasteiger partial charge < -0.3 is 10.2 Å². The predicted molar refractivity (Wildman–Crippen MR) is 147 cm³/mol. The van der Waals surface area contributed by atoms with Gasteiger partial charge in [0.2, 0.25) is 11.8 Å². The maximum absolute atomic E-state index is 13.8. The van der Waals surface area contributed by atoms with Crippen molar-refractivity contribution >= 4 is 50.7 Å². The molecule has 0 spiro atoms. The van der Waals surface area contributed by atoms with Crippen molar-refractivity contribution in [3.05, 3.63) is 94.5 Å². The van der Waals surface area contributed by atoms with Gasteiger partial charge in [-0.1, -0.05) is 53.5 Å². The Morgan fingerprint density at radius 2 is 1.51 bits per heavy atom. The minimum absolute atomic E-state index is 0.0322. The lowest BCUT2D eigenvalue weighted by molar-refractivity contribution is -0.139. The lowest BCUT2D eigenvalue weighted by atomic mass is 10.1. The first kappa shape index (κ1) is 28.5. The van der Waals surface area contributed by atoms with Crippen LogP contribution in [-0.2, 0) is 26.2 Å². The molecule has 2 amide bonds. The highest BCUT2D eigenvalue weighted by Crippen LogP contribution is 2.26. The number of anilines is 1. The third-order valence-corrected chi connectivity index (χ3v) is 7.84. The first-order valence-electron chi connectivity index (χ1n) is 11.7. The van der Waals surface area contributed by atoms with Gasteiger partial charge in [-0.2, -0.15) is 0 Å². The molecule has 7 nitrogen and oxygen atoms in total. The molecule has 0 aliphatic carbocycles. The van der Waals surface area contributed by atoms with Crippen LogP contribution in [-0.4, -0.2) is 43.8 Å². The van der Waals surface area contributed by atoms with E-state index in [-0.39, 0.29) is 29.1 Å². The molecule has 37 heavy (non-hydrogen) atoms. The van der Waals surface area contributed by atoms with Gasteiger partial charge in [0, 0.05) is 22.6 Å². The maximum Gasteiger partial charge on any atom is 0.264 e. The molecule has 1 atom stereocenters. The molecule has 0 saturated carbocycles. The summed E-state index contributed by atoms with van der Waals surface area (Å²) in [4.78, 5) is 28.1. The SMILES string of the molecule is CC(C)NC(=O)[C@@H](C)N(Cc1cccc(Cl)c1)C(=O)CN(c1ccc(Cl)cc1)S(=O)(=O)c1ccccc1. The molecule has 0 saturated heterocycles. The Morgan fingerprint density at radius 1 is 0.865 bits per heavy atom. The molecular weight excluding hydrogens is 533 g/mol. The first-order valence-corrected chi connectivity index (χ1v) is 13.9. The molecule has 3 rings (SSSR count). The lowest BCUT2D eigenvalue weighted by Crippen LogP contribution is -2.52. The Labute approximate surface area is 228 Å². The van der Waals surface area contributed by atoms with Gasteiger partial charge >= 0.3 is 0 Å². The van der Waals surface area contributed by atoms with E-state index in [1.807, 2.05) is 13.8 Å². The first-order chi connectivity index (χ1) is 17.5. The topological polar surface area (TPSA) is 86.8 Å². The Bertz CT molecular complexity index is 1330. The molecule has 0 aromatic heterocycles. The van der Waals surface area contributed by atoms with Crippen LogP contribution in [0.4, 0.5) is 5.69 Å². The monoisotopic (exact) mass is 561 g/mol. The van der Waals surface area contributed by atoms with E-state index >= 15 is 0 Å². The van der Waals surface area contributed by atoms with Crippen molar-refractivity contribution in [2.75, 3.05) is 10.8 Å². The van der Waals surface area contributed by atoms with Crippen LogP contribution < -0.4 is 9.62 Å². The lowest BCUT2D eigenvalue weighted by Gasteiger charge is -2.32. The van der Waals surface area contributed by atoms with Crippen molar-refractivity contribution in [1.82, 2.24) is 10.2 Å². The van der Waals surface area contributed by atoms with Crippen LogP contribution in [0.1, 0.15) is 26.3 Å². The van der Waals surface area contributed by atoms with Gasteiger partial charge in [0.1, 0.15) is 12.6 Å². The van der Waals surface area contributed by atoms with Crippen molar-refractivity contribution < 1.29 is 18.0 Å². The van der Waals surface area contributed by atoms with Gasteiger partial charge in [-0.3, -0.25) is 13.9 Å². The molecule has 0 radical (unpaired) electrons. The average Bonchev–Trinajstić information content (AvgIpc) is 2.86. The second-order valence-electron chi connectivity index (χ2n) is 8.79. The molecule has 0 heterocycles. The Balaban J connectivity index is 2.01. The number of sulfonamides is 1. The molecule has 10 heteroatoms. The standard InChI is InChI=1S/C27H29Cl2N3O4S/c1-19(2)30-27(34)20(3)31(17-21-8-7-9-23(29)16-21)26(33)18-32(24-14-12-22(28)13-15-24)37(35,36)25-10-5-4-6-11-25/h4-16,19-20H,17-18H2,1-3H3,(H,30,34)/t20-/m1/s1. The van der Waals surface area contributed by atoms with Crippen LogP contribution >= 0.6 is 23.2 Å². The second-order valence-corrected chi connectivity index (χ2v) is 11.5. The normalized spacial score (nSPS) is 12.2.